The Kier molecular flexibility index (Phi) is 5.69. The number of nitrogens with two attached hydrogens (primary N) is 1. The Bertz CT molecular complexity index is 600. The van der Waals surface area contributed by atoms with Gasteiger partial charge in [0.05, 0.1) is 11.5 Å². The molecule has 2 rings (SSSR count). The normalized spacial score (nSPS) is 18.5. The van der Waals surface area contributed by atoms with Crippen LogP contribution in [-0.2, 0) is 10.0 Å². The number of hydrogen-bond acceptors (Lipinski definition) is 6. The zero-order valence-electron chi connectivity index (χ0n) is 11.6. The van der Waals surface area contributed by atoms with Crippen molar-refractivity contribution in [2.24, 2.45) is 5.73 Å². The van der Waals surface area contributed by atoms with Gasteiger partial charge in [-0.25, -0.2) is 8.42 Å². The summed E-state index contributed by atoms with van der Waals surface area (Å²) in [7, 11) is -3.49. The van der Waals surface area contributed by atoms with E-state index in [1.807, 2.05) is 0 Å². The van der Waals surface area contributed by atoms with Gasteiger partial charge in [0, 0.05) is 26.2 Å². The number of hydrogen-bond donors (Lipinski definition) is 2. The van der Waals surface area contributed by atoms with E-state index in [2.05, 4.69) is 4.90 Å². The molecule has 0 unspecified atom stereocenters. The van der Waals surface area contributed by atoms with Gasteiger partial charge in [0.1, 0.15) is 9.20 Å². The number of aliphatic hydroxyl groups excluding tert-OH is 1. The van der Waals surface area contributed by atoms with Crippen molar-refractivity contribution in [1.29, 1.82) is 0 Å². The zero-order chi connectivity index (χ0) is 15.5. The van der Waals surface area contributed by atoms with E-state index in [0.29, 0.717) is 31.1 Å². The minimum absolute atomic E-state index is 0.0922. The SMILES string of the molecule is NC(=S)c1ccc(S(=O)(=O)N2CCCN(CCO)CC2)s1. The molecule has 0 saturated carbocycles. The third-order valence-corrected chi connectivity index (χ3v) is 7.22. The Morgan fingerprint density at radius 1 is 1.33 bits per heavy atom. The average molecular weight is 350 g/mol. The predicted molar refractivity (Wildman–Crippen MR) is 87.1 cm³/mol. The molecule has 0 amide bonds. The molecule has 1 aliphatic rings. The van der Waals surface area contributed by atoms with Gasteiger partial charge < -0.3 is 10.8 Å². The molecule has 1 fully saturated rings. The van der Waals surface area contributed by atoms with Crippen LogP contribution < -0.4 is 5.73 Å². The lowest BCUT2D eigenvalue weighted by Gasteiger charge is -2.20. The minimum atomic E-state index is -3.49. The number of rotatable bonds is 5. The summed E-state index contributed by atoms with van der Waals surface area (Å²) in [5, 5.41) is 8.97. The van der Waals surface area contributed by atoms with Crippen molar-refractivity contribution in [2.45, 2.75) is 10.6 Å². The molecule has 0 radical (unpaired) electrons. The second-order valence-corrected chi connectivity index (χ2v) is 8.49. The number of β-amino-alcohol motifs (C(OH)–C–C–N with tert-alkyl or cyclic N) is 1. The van der Waals surface area contributed by atoms with Crippen LogP contribution in [0.25, 0.3) is 0 Å². The molecule has 2 heterocycles. The highest BCUT2D eigenvalue weighted by atomic mass is 32.2. The van der Waals surface area contributed by atoms with Gasteiger partial charge in [-0.3, -0.25) is 4.90 Å². The standard InChI is InChI=1S/C12H19N3O3S3/c13-12(19)10-2-3-11(20-10)21(17,18)15-5-1-4-14(6-7-15)8-9-16/h2-3,16H,1,4-9H2,(H2,13,19). The molecular formula is C12H19N3O3S3. The fourth-order valence-corrected chi connectivity index (χ4v) is 5.25. The largest absolute Gasteiger partial charge is 0.395 e. The summed E-state index contributed by atoms with van der Waals surface area (Å²) in [5.74, 6) is 0. The van der Waals surface area contributed by atoms with Crippen molar-refractivity contribution in [3.05, 3.63) is 17.0 Å². The van der Waals surface area contributed by atoms with Crippen molar-refractivity contribution >= 4 is 38.6 Å². The summed E-state index contributed by atoms with van der Waals surface area (Å²) in [4.78, 5) is 2.90. The third-order valence-electron chi connectivity index (χ3n) is 3.38. The molecule has 1 aliphatic heterocycles. The monoisotopic (exact) mass is 349 g/mol. The van der Waals surface area contributed by atoms with Crippen LogP contribution in [0.2, 0.25) is 0 Å². The fourth-order valence-electron chi connectivity index (χ4n) is 2.27. The van der Waals surface area contributed by atoms with Crippen LogP contribution in [0.1, 0.15) is 11.3 Å². The molecule has 0 atom stereocenters. The van der Waals surface area contributed by atoms with Gasteiger partial charge in [-0.2, -0.15) is 4.31 Å². The van der Waals surface area contributed by atoms with Gasteiger partial charge in [0.15, 0.2) is 0 Å². The highest BCUT2D eigenvalue weighted by molar-refractivity contribution is 7.91. The molecule has 3 N–H and O–H groups in total. The van der Waals surface area contributed by atoms with Gasteiger partial charge in [-0.1, -0.05) is 12.2 Å². The molecule has 0 aromatic carbocycles. The number of thiophene rings is 1. The predicted octanol–water partition coefficient (Wildman–Crippen LogP) is 0.0710. The number of thiocarbonyl (C=S) groups is 1. The summed E-state index contributed by atoms with van der Waals surface area (Å²) in [6.45, 7) is 3.03. The van der Waals surface area contributed by atoms with Crippen LogP contribution in [0.15, 0.2) is 16.3 Å². The maximum atomic E-state index is 12.6. The Labute approximate surface area is 134 Å². The Balaban J connectivity index is 2.13. The molecular weight excluding hydrogens is 330 g/mol. The lowest BCUT2D eigenvalue weighted by atomic mass is 10.4. The van der Waals surface area contributed by atoms with Crippen molar-refractivity contribution in [3.63, 3.8) is 0 Å². The van der Waals surface area contributed by atoms with Gasteiger partial charge in [-0.15, -0.1) is 11.3 Å². The van der Waals surface area contributed by atoms with E-state index in [1.165, 1.54) is 4.31 Å². The van der Waals surface area contributed by atoms with Crippen molar-refractivity contribution < 1.29 is 13.5 Å². The first-order chi connectivity index (χ1) is 9.95. The van der Waals surface area contributed by atoms with Crippen LogP contribution in [0, 0.1) is 0 Å². The highest BCUT2D eigenvalue weighted by Crippen LogP contribution is 2.25. The summed E-state index contributed by atoms with van der Waals surface area (Å²) in [6, 6.07) is 3.21. The average Bonchev–Trinajstić information content (AvgIpc) is 2.82. The maximum absolute atomic E-state index is 12.6. The van der Waals surface area contributed by atoms with Crippen LogP contribution >= 0.6 is 23.6 Å². The molecule has 6 nitrogen and oxygen atoms in total. The van der Waals surface area contributed by atoms with E-state index in [1.54, 1.807) is 12.1 Å². The van der Waals surface area contributed by atoms with Crippen LogP contribution in [0.3, 0.4) is 0 Å². The van der Waals surface area contributed by atoms with E-state index in [-0.39, 0.29) is 15.8 Å². The second kappa shape index (κ2) is 7.12. The van der Waals surface area contributed by atoms with Crippen LogP contribution in [-0.4, -0.2) is 67.0 Å². The Hall–Kier alpha value is -0.580. The first-order valence-corrected chi connectivity index (χ1v) is 9.34. The molecule has 1 aromatic heterocycles. The lowest BCUT2D eigenvalue weighted by molar-refractivity contribution is 0.202. The van der Waals surface area contributed by atoms with E-state index in [9.17, 15) is 8.42 Å². The van der Waals surface area contributed by atoms with Gasteiger partial charge >= 0.3 is 0 Å². The van der Waals surface area contributed by atoms with E-state index in [4.69, 9.17) is 23.1 Å². The third kappa shape index (κ3) is 3.99. The summed E-state index contributed by atoms with van der Waals surface area (Å²) < 4.78 is 27.0. The van der Waals surface area contributed by atoms with Gasteiger partial charge in [-0.05, 0) is 25.1 Å². The molecule has 0 bridgehead atoms. The van der Waals surface area contributed by atoms with Crippen molar-refractivity contribution in [3.8, 4) is 0 Å². The summed E-state index contributed by atoms with van der Waals surface area (Å²) in [5.41, 5.74) is 5.53. The molecule has 9 heteroatoms. The molecule has 0 spiro atoms. The smallest absolute Gasteiger partial charge is 0.252 e. The molecule has 0 aliphatic carbocycles. The molecule has 1 saturated heterocycles. The minimum Gasteiger partial charge on any atom is -0.395 e. The van der Waals surface area contributed by atoms with E-state index in [0.717, 1.165) is 24.3 Å². The van der Waals surface area contributed by atoms with E-state index >= 15 is 0 Å². The Morgan fingerprint density at radius 2 is 2.10 bits per heavy atom. The topological polar surface area (TPSA) is 86.9 Å². The molecule has 118 valence electrons. The molecule has 1 aromatic rings. The molecule has 21 heavy (non-hydrogen) atoms. The first kappa shape index (κ1) is 16.8. The van der Waals surface area contributed by atoms with E-state index < -0.39 is 10.0 Å². The lowest BCUT2D eigenvalue weighted by Crippen LogP contribution is -2.35. The zero-order valence-corrected chi connectivity index (χ0v) is 14.0. The van der Waals surface area contributed by atoms with Crippen molar-refractivity contribution in [1.82, 2.24) is 9.21 Å². The first-order valence-electron chi connectivity index (χ1n) is 6.68. The summed E-state index contributed by atoms with van der Waals surface area (Å²) in [6.07, 6.45) is 0.757. The second-order valence-electron chi connectivity index (χ2n) is 4.81. The van der Waals surface area contributed by atoms with Crippen molar-refractivity contribution in [2.75, 3.05) is 39.3 Å². The maximum Gasteiger partial charge on any atom is 0.252 e. The number of aliphatic hydroxyl groups is 1. The quantitative estimate of drug-likeness (QED) is 0.732. The number of sulfonamides is 1. The fraction of sp³-hybridized carbons (Fsp3) is 0.583. The van der Waals surface area contributed by atoms with Gasteiger partial charge in [0.2, 0.25) is 0 Å². The number of nitrogens with zero attached hydrogens (tertiary/aromatic N) is 2. The van der Waals surface area contributed by atoms with Gasteiger partial charge in [0.25, 0.3) is 10.0 Å². The summed E-state index contributed by atoms with van der Waals surface area (Å²) >= 11 is 5.98. The highest BCUT2D eigenvalue weighted by Gasteiger charge is 2.28. The van der Waals surface area contributed by atoms with Crippen LogP contribution in [0.4, 0.5) is 0 Å². The Morgan fingerprint density at radius 3 is 2.71 bits per heavy atom. The van der Waals surface area contributed by atoms with Crippen LogP contribution in [0.5, 0.6) is 0 Å².